The van der Waals surface area contributed by atoms with Crippen LogP contribution in [0.2, 0.25) is 0 Å². The second-order valence-electron chi connectivity index (χ2n) is 21.0. The van der Waals surface area contributed by atoms with Crippen molar-refractivity contribution in [2.75, 3.05) is 39.6 Å². The van der Waals surface area contributed by atoms with E-state index < -0.39 is 18.9 Å². The second-order valence-corrected chi connectivity index (χ2v) is 21.0. The maximum Gasteiger partial charge on any atom is 0.187 e. The van der Waals surface area contributed by atoms with Gasteiger partial charge in [-0.1, -0.05) is 126 Å². The van der Waals surface area contributed by atoms with E-state index in [0.29, 0.717) is 80.7 Å². The van der Waals surface area contributed by atoms with Gasteiger partial charge in [-0.15, -0.1) is 0 Å². The van der Waals surface area contributed by atoms with Crippen LogP contribution in [-0.2, 0) is 35.0 Å². The van der Waals surface area contributed by atoms with E-state index in [9.17, 15) is 0 Å². The van der Waals surface area contributed by atoms with Crippen molar-refractivity contribution in [3.63, 3.8) is 0 Å². The van der Waals surface area contributed by atoms with Crippen molar-refractivity contribution in [3.8, 4) is 62.5 Å². The molecule has 0 N–H and O–H groups in total. The van der Waals surface area contributed by atoms with E-state index in [0.717, 1.165) is 50.3 Å². The molecule has 3 fully saturated rings. The summed E-state index contributed by atoms with van der Waals surface area (Å²) in [6, 6.07) is 54.0. The molecule has 71 heavy (non-hydrogen) atoms. The Morgan fingerprint density at radius 2 is 0.676 bits per heavy atom. The van der Waals surface area contributed by atoms with E-state index in [1.807, 2.05) is 127 Å². The van der Waals surface area contributed by atoms with Crippen molar-refractivity contribution in [1.29, 1.82) is 0 Å². The van der Waals surface area contributed by atoms with E-state index in [-0.39, 0.29) is 16.2 Å². The zero-order valence-corrected chi connectivity index (χ0v) is 41.4. The average Bonchev–Trinajstić information content (AvgIpc) is 3.38. The molecular weight excluding hydrogens is 893 g/mol. The first kappa shape index (κ1) is 48.1. The minimum atomic E-state index is -0.613. The molecule has 3 aliphatic rings. The molecule has 0 unspecified atom stereocenters. The molecule has 366 valence electrons. The molecule has 7 aromatic carbocycles. The van der Waals surface area contributed by atoms with Crippen molar-refractivity contribution in [3.05, 3.63) is 186 Å². The lowest BCUT2D eigenvalue weighted by Crippen LogP contribution is -2.33. The van der Waals surface area contributed by atoms with Gasteiger partial charge in [0.15, 0.2) is 18.9 Å². The van der Waals surface area contributed by atoms with Gasteiger partial charge in [0.2, 0.25) is 0 Å². The summed E-state index contributed by atoms with van der Waals surface area (Å²) in [7, 11) is 0. The Morgan fingerprint density at radius 1 is 0.352 bits per heavy atom. The first-order valence-corrected chi connectivity index (χ1v) is 24.4. The molecule has 0 aliphatic carbocycles. The smallest absolute Gasteiger partial charge is 0.187 e. The number of hydrogen-bond donors (Lipinski definition) is 0. The minimum absolute atomic E-state index is 0.0727. The Morgan fingerprint density at radius 3 is 1.08 bits per heavy atom. The summed E-state index contributed by atoms with van der Waals surface area (Å²) in [6.45, 7) is 16.6. The quantitative estimate of drug-likeness (QED) is 0.105. The van der Waals surface area contributed by atoms with Gasteiger partial charge >= 0.3 is 0 Å². The summed E-state index contributed by atoms with van der Waals surface area (Å²) in [5.74, 6) is 4.75. The van der Waals surface area contributed by atoms with E-state index in [1.54, 1.807) is 0 Å². The number of hydrogen-bond acceptors (Lipinski definition) is 10. The fraction of sp³-hybridized carbons (Fsp3) is 0.311. The van der Waals surface area contributed by atoms with Crippen LogP contribution in [0, 0.1) is 16.2 Å². The van der Waals surface area contributed by atoms with Crippen LogP contribution in [0.3, 0.4) is 0 Å². The third kappa shape index (κ3) is 12.0. The molecule has 10 nitrogen and oxygen atoms in total. The molecule has 0 spiro atoms. The van der Waals surface area contributed by atoms with Gasteiger partial charge in [0.05, 0.1) is 56.3 Å². The van der Waals surface area contributed by atoms with Gasteiger partial charge in [-0.05, 0) is 107 Å². The summed E-state index contributed by atoms with van der Waals surface area (Å²) in [5, 5.41) is 0. The fourth-order valence-electron chi connectivity index (χ4n) is 8.56. The molecule has 3 aliphatic heterocycles. The van der Waals surface area contributed by atoms with Gasteiger partial charge < -0.3 is 47.4 Å². The van der Waals surface area contributed by atoms with Gasteiger partial charge in [-0.2, -0.15) is 0 Å². The maximum absolute atomic E-state index is 6.66. The minimum Gasteiger partial charge on any atom is -0.489 e. The number of para-hydroxylation sites is 1. The normalized spacial score (nSPS) is 18.1. The Balaban J connectivity index is 0.876. The van der Waals surface area contributed by atoms with Gasteiger partial charge in [0.25, 0.3) is 0 Å². The van der Waals surface area contributed by atoms with Crippen LogP contribution in [0.1, 0.15) is 82.7 Å². The van der Waals surface area contributed by atoms with Crippen LogP contribution in [-0.4, -0.2) is 39.6 Å². The van der Waals surface area contributed by atoms with Crippen LogP contribution in [0.25, 0.3) is 22.3 Å². The molecule has 10 rings (SSSR count). The third-order valence-corrected chi connectivity index (χ3v) is 12.6. The Hall–Kier alpha value is -6.50. The van der Waals surface area contributed by atoms with Crippen molar-refractivity contribution < 1.29 is 47.4 Å². The Kier molecular flexibility index (Phi) is 14.0. The summed E-state index contributed by atoms with van der Waals surface area (Å²) < 4.78 is 63.5. The predicted molar refractivity (Wildman–Crippen MR) is 273 cm³/mol. The van der Waals surface area contributed by atoms with E-state index in [4.69, 9.17) is 47.4 Å². The fourth-order valence-corrected chi connectivity index (χ4v) is 8.56. The SMILES string of the molecule is CC1(C)COC(c2cc(OCc3ccccc3)ccc2Oc2ccc(-c3ccc(Oc4ccc(-c5ccc(Oc6ccccc6)c(C6OCC(C)(C)CO6)c5)cc4)c(C4OCC(C)(C)CO4)c3)cc2)OC1. The maximum atomic E-state index is 6.66. The Bertz CT molecular complexity index is 2870. The zero-order chi connectivity index (χ0) is 49.0. The molecule has 3 saturated heterocycles. The first-order chi connectivity index (χ1) is 34.3. The van der Waals surface area contributed by atoms with Crippen LogP contribution in [0.5, 0.6) is 40.2 Å². The van der Waals surface area contributed by atoms with E-state index in [1.165, 1.54) is 0 Å². The van der Waals surface area contributed by atoms with Crippen molar-refractivity contribution in [2.45, 2.75) is 67.0 Å². The molecule has 7 aromatic rings. The van der Waals surface area contributed by atoms with Gasteiger partial charge in [0, 0.05) is 16.2 Å². The van der Waals surface area contributed by atoms with Crippen molar-refractivity contribution in [2.24, 2.45) is 16.2 Å². The lowest BCUT2D eigenvalue weighted by Gasteiger charge is -2.35. The summed E-state index contributed by atoms with van der Waals surface area (Å²) in [5.41, 5.74) is 7.17. The van der Waals surface area contributed by atoms with Gasteiger partial charge in [0.1, 0.15) is 46.9 Å². The third-order valence-electron chi connectivity index (χ3n) is 12.6. The average molecular weight is 955 g/mol. The second kappa shape index (κ2) is 20.7. The van der Waals surface area contributed by atoms with Crippen LogP contribution in [0.15, 0.2) is 164 Å². The molecule has 0 atom stereocenters. The molecule has 0 saturated carbocycles. The molecule has 0 aromatic heterocycles. The topological polar surface area (TPSA) is 92.3 Å². The lowest BCUT2D eigenvalue weighted by molar-refractivity contribution is -0.226. The zero-order valence-electron chi connectivity index (χ0n) is 41.4. The van der Waals surface area contributed by atoms with E-state index >= 15 is 0 Å². The first-order valence-electron chi connectivity index (χ1n) is 24.4. The van der Waals surface area contributed by atoms with Crippen LogP contribution < -0.4 is 18.9 Å². The summed E-state index contributed by atoms with van der Waals surface area (Å²) >= 11 is 0. The number of rotatable bonds is 14. The molecule has 0 amide bonds. The Labute approximate surface area is 417 Å². The van der Waals surface area contributed by atoms with Crippen LogP contribution in [0.4, 0.5) is 0 Å². The molecular formula is C61H62O10. The van der Waals surface area contributed by atoms with E-state index in [2.05, 4.69) is 77.9 Å². The monoisotopic (exact) mass is 954 g/mol. The highest BCUT2D eigenvalue weighted by molar-refractivity contribution is 5.69. The largest absolute Gasteiger partial charge is 0.489 e. The molecule has 3 heterocycles. The lowest BCUT2D eigenvalue weighted by atomic mass is 9.95. The van der Waals surface area contributed by atoms with Crippen LogP contribution >= 0.6 is 0 Å². The number of benzene rings is 7. The molecule has 0 radical (unpaired) electrons. The van der Waals surface area contributed by atoms with Gasteiger partial charge in [-0.3, -0.25) is 0 Å². The highest BCUT2D eigenvalue weighted by Crippen LogP contribution is 2.44. The van der Waals surface area contributed by atoms with Crippen molar-refractivity contribution in [1.82, 2.24) is 0 Å². The highest BCUT2D eigenvalue weighted by Gasteiger charge is 2.34. The van der Waals surface area contributed by atoms with Crippen molar-refractivity contribution >= 4 is 0 Å². The molecule has 10 heteroatoms. The predicted octanol–water partition coefficient (Wildman–Crippen LogP) is 15.2. The standard InChI is InChI=1S/C61H62O10/c1-59(2)35-63-56(64-36-59)50-31-44(21-28-53(50)69-46-15-11-8-12-16-46)42-17-23-47(24-18-42)70-54-29-22-45(32-51(54)57-65-37-60(3,4)38-66-57)43-19-25-48(26-20-43)71-55-30-27-49(62-34-41-13-9-7-10-14-41)33-52(55)58-67-39-61(5,6)40-68-58/h7-33,56-58H,34-40H2,1-6H3. The molecule has 0 bridgehead atoms. The summed E-state index contributed by atoms with van der Waals surface area (Å²) in [6.07, 6.45) is -1.77. The number of ether oxygens (including phenoxy) is 10. The highest BCUT2D eigenvalue weighted by atomic mass is 16.7. The van der Waals surface area contributed by atoms with Gasteiger partial charge in [-0.25, -0.2) is 0 Å². The summed E-state index contributed by atoms with van der Waals surface area (Å²) in [4.78, 5) is 0.